The number of aromatic carboxylic acids is 1. The van der Waals surface area contributed by atoms with Gasteiger partial charge in [-0.2, -0.15) is 0 Å². The number of nitrogens with one attached hydrogen (secondary N) is 1. The molecule has 25 heavy (non-hydrogen) atoms. The highest BCUT2D eigenvalue weighted by Crippen LogP contribution is 2.09. The van der Waals surface area contributed by atoms with E-state index in [1.165, 1.54) is 23.6 Å². The van der Waals surface area contributed by atoms with Gasteiger partial charge in [-0.3, -0.25) is 9.59 Å². The summed E-state index contributed by atoms with van der Waals surface area (Å²) in [5.41, 5.74) is 0.974. The molecule has 0 unspecified atom stereocenters. The third-order valence-corrected chi connectivity index (χ3v) is 4.33. The van der Waals surface area contributed by atoms with Crippen LogP contribution < -0.4 is 5.32 Å². The lowest BCUT2D eigenvalue weighted by molar-refractivity contribution is -0.130. The zero-order valence-corrected chi connectivity index (χ0v) is 14.6. The first kappa shape index (κ1) is 18.6. The summed E-state index contributed by atoms with van der Waals surface area (Å²) in [6.07, 6.45) is 0.170. The summed E-state index contributed by atoms with van der Waals surface area (Å²) < 4.78 is 0. The molecule has 1 aromatic carbocycles. The van der Waals surface area contributed by atoms with Gasteiger partial charge in [-0.15, -0.1) is 11.3 Å². The van der Waals surface area contributed by atoms with Crippen molar-refractivity contribution in [3.63, 3.8) is 0 Å². The number of carboxylic acids is 1. The van der Waals surface area contributed by atoms with Crippen LogP contribution in [-0.4, -0.2) is 39.3 Å². The van der Waals surface area contributed by atoms with Crippen molar-refractivity contribution in [3.05, 3.63) is 52.0 Å². The first-order valence-electron chi connectivity index (χ1n) is 7.69. The SMILES string of the molecule is CC(=O)N(CCC(=O)NCc1nc(C(=O)O)cs1)Cc1ccccc1. The largest absolute Gasteiger partial charge is 0.476 e. The van der Waals surface area contributed by atoms with E-state index in [9.17, 15) is 14.4 Å². The molecule has 2 aromatic rings. The van der Waals surface area contributed by atoms with Crippen LogP contribution in [0.5, 0.6) is 0 Å². The average Bonchev–Trinajstić information content (AvgIpc) is 3.06. The number of amides is 2. The summed E-state index contributed by atoms with van der Waals surface area (Å²) >= 11 is 1.18. The van der Waals surface area contributed by atoms with E-state index in [1.54, 1.807) is 4.90 Å². The predicted molar refractivity (Wildman–Crippen MR) is 93.1 cm³/mol. The Morgan fingerprint density at radius 2 is 1.96 bits per heavy atom. The monoisotopic (exact) mass is 361 g/mol. The molecular formula is C17H19N3O4S. The highest BCUT2D eigenvalue weighted by atomic mass is 32.1. The van der Waals surface area contributed by atoms with Gasteiger partial charge in [0.25, 0.3) is 0 Å². The fourth-order valence-corrected chi connectivity index (χ4v) is 2.85. The number of carbonyl (C=O) groups is 3. The molecule has 2 N–H and O–H groups in total. The van der Waals surface area contributed by atoms with E-state index in [1.807, 2.05) is 30.3 Å². The van der Waals surface area contributed by atoms with Crippen molar-refractivity contribution >= 4 is 29.1 Å². The third-order valence-electron chi connectivity index (χ3n) is 3.48. The highest BCUT2D eigenvalue weighted by Gasteiger charge is 2.13. The van der Waals surface area contributed by atoms with Gasteiger partial charge in [0, 0.05) is 31.8 Å². The molecular weight excluding hydrogens is 342 g/mol. The van der Waals surface area contributed by atoms with Crippen LogP contribution >= 0.6 is 11.3 Å². The normalized spacial score (nSPS) is 10.3. The van der Waals surface area contributed by atoms with Crippen molar-refractivity contribution in [1.82, 2.24) is 15.2 Å². The van der Waals surface area contributed by atoms with Crippen molar-refractivity contribution < 1.29 is 19.5 Å². The number of hydrogen-bond donors (Lipinski definition) is 2. The highest BCUT2D eigenvalue weighted by molar-refractivity contribution is 7.09. The van der Waals surface area contributed by atoms with Crippen LogP contribution in [-0.2, 0) is 22.7 Å². The van der Waals surface area contributed by atoms with Gasteiger partial charge >= 0.3 is 5.97 Å². The molecule has 0 fully saturated rings. The average molecular weight is 361 g/mol. The molecule has 0 radical (unpaired) electrons. The van der Waals surface area contributed by atoms with E-state index in [0.29, 0.717) is 18.1 Å². The van der Waals surface area contributed by atoms with Crippen LogP contribution in [0, 0.1) is 0 Å². The Morgan fingerprint density at radius 3 is 2.56 bits per heavy atom. The van der Waals surface area contributed by atoms with Gasteiger partial charge in [0.15, 0.2) is 5.69 Å². The Bertz CT molecular complexity index is 745. The number of rotatable bonds is 8. The molecule has 0 aliphatic carbocycles. The molecule has 0 atom stereocenters. The van der Waals surface area contributed by atoms with Crippen LogP contribution in [0.2, 0.25) is 0 Å². The van der Waals surface area contributed by atoms with Gasteiger partial charge in [-0.25, -0.2) is 9.78 Å². The molecule has 0 saturated carbocycles. The van der Waals surface area contributed by atoms with Crippen molar-refractivity contribution in [2.24, 2.45) is 0 Å². The Kier molecular flexibility index (Phi) is 6.64. The molecule has 1 aromatic heterocycles. The fraction of sp³-hybridized carbons (Fsp3) is 0.294. The molecule has 2 amide bonds. The molecule has 0 bridgehead atoms. The number of aromatic nitrogens is 1. The van der Waals surface area contributed by atoms with E-state index in [2.05, 4.69) is 10.3 Å². The molecule has 1 heterocycles. The number of carboxylic acid groups (broad SMARTS) is 1. The Labute approximate surface area is 149 Å². The Balaban J connectivity index is 1.80. The van der Waals surface area contributed by atoms with Crippen LogP contribution in [0.25, 0.3) is 0 Å². The second kappa shape index (κ2) is 8.93. The van der Waals surface area contributed by atoms with Crippen molar-refractivity contribution in [2.45, 2.75) is 26.4 Å². The predicted octanol–water partition coefficient (Wildman–Crippen LogP) is 1.90. The van der Waals surface area contributed by atoms with Crippen LogP contribution in [0.3, 0.4) is 0 Å². The van der Waals surface area contributed by atoms with E-state index in [0.717, 1.165) is 5.56 Å². The molecule has 0 saturated heterocycles. The summed E-state index contributed by atoms with van der Waals surface area (Å²) in [7, 11) is 0. The molecule has 132 valence electrons. The van der Waals surface area contributed by atoms with Crippen LogP contribution in [0.4, 0.5) is 0 Å². The van der Waals surface area contributed by atoms with Crippen molar-refractivity contribution in [3.8, 4) is 0 Å². The molecule has 7 nitrogen and oxygen atoms in total. The first-order valence-corrected chi connectivity index (χ1v) is 8.57. The van der Waals surface area contributed by atoms with Gasteiger partial charge in [0.05, 0.1) is 6.54 Å². The molecule has 8 heteroatoms. The van der Waals surface area contributed by atoms with Gasteiger partial charge in [-0.1, -0.05) is 30.3 Å². The molecule has 2 rings (SSSR count). The van der Waals surface area contributed by atoms with Crippen molar-refractivity contribution in [2.75, 3.05) is 6.54 Å². The Morgan fingerprint density at radius 1 is 1.24 bits per heavy atom. The number of benzene rings is 1. The second-order valence-corrected chi connectivity index (χ2v) is 6.33. The maximum absolute atomic E-state index is 11.9. The van der Waals surface area contributed by atoms with Gasteiger partial charge in [-0.05, 0) is 5.56 Å². The summed E-state index contributed by atoms with van der Waals surface area (Å²) in [5, 5.41) is 13.5. The second-order valence-electron chi connectivity index (χ2n) is 5.38. The number of nitrogens with zero attached hydrogens (tertiary/aromatic N) is 2. The summed E-state index contributed by atoms with van der Waals surface area (Å²) in [5.74, 6) is -1.40. The van der Waals surface area contributed by atoms with Gasteiger partial charge in [0.2, 0.25) is 11.8 Å². The van der Waals surface area contributed by atoms with Gasteiger partial charge < -0.3 is 15.3 Å². The third kappa shape index (κ3) is 6.00. The zero-order valence-electron chi connectivity index (χ0n) is 13.8. The minimum absolute atomic E-state index is 0.0279. The number of carbonyl (C=O) groups excluding carboxylic acids is 2. The lowest BCUT2D eigenvalue weighted by Crippen LogP contribution is -2.33. The minimum atomic E-state index is -1.09. The van der Waals surface area contributed by atoms with E-state index >= 15 is 0 Å². The van der Waals surface area contributed by atoms with Crippen molar-refractivity contribution in [1.29, 1.82) is 0 Å². The first-order chi connectivity index (χ1) is 12.0. The summed E-state index contributed by atoms with van der Waals surface area (Å²) in [4.78, 5) is 40.0. The minimum Gasteiger partial charge on any atom is -0.476 e. The molecule has 0 aliphatic heterocycles. The van der Waals surface area contributed by atoms with Gasteiger partial charge in [0.1, 0.15) is 5.01 Å². The maximum Gasteiger partial charge on any atom is 0.355 e. The number of hydrogen-bond acceptors (Lipinski definition) is 5. The summed E-state index contributed by atoms with van der Waals surface area (Å²) in [6, 6.07) is 9.57. The van der Waals surface area contributed by atoms with E-state index in [4.69, 9.17) is 5.11 Å². The Hall–Kier alpha value is -2.74. The quantitative estimate of drug-likeness (QED) is 0.748. The maximum atomic E-state index is 11.9. The topological polar surface area (TPSA) is 99.6 Å². The number of thiazole rings is 1. The fourth-order valence-electron chi connectivity index (χ4n) is 2.14. The summed E-state index contributed by atoms with van der Waals surface area (Å²) in [6.45, 7) is 2.42. The zero-order chi connectivity index (χ0) is 18.2. The lowest BCUT2D eigenvalue weighted by atomic mass is 10.2. The van der Waals surface area contributed by atoms with Crippen LogP contribution in [0.15, 0.2) is 35.7 Å². The standard InChI is InChI=1S/C17H19N3O4S/c1-12(21)20(10-13-5-3-2-4-6-13)8-7-15(22)18-9-16-19-14(11-25-16)17(23)24/h2-6,11H,7-10H2,1H3,(H,18,22)(H,23,24). The van der Waals surface area contributed by atoms with E-state index < -0.39 is 5.97 Å². The smallest absolute Gasteiger partial charge is 0.355 e. The molecule has 0 aliphatic rings. The lowest BCUT2D eigenvalue weighted by Gasteiger charge is -2.20. The molecule has 0 spiro atoms. The van der Waals surface area contributed by atoms with E-state index in [-0.39, 0.29) is 30.5 Å². The van der Waals surface area contributed by atoms with Crippen LogP contribution in [0.1, 0.15) is 34.4 Å².